The summed E-state index contributed by atoms with van der Waals surface area (Å²) in [6.07, 6.45) is 0.411. The predicted octanol–water partition coefficient (Wildman–Crippen LogP) is 0.0255. The zero-order valence-corrected chi connectivity index (χ0v) is 14.5. The first-order chi connectivity index (χ1) is 10.0. The second-order valence-corrected chi connectivity index (χ2v) is 9.23. The van der Waals surface area contributed by atoms with Gasteiger partial charge in [-0.1, -0.05) is 0 Å². The molecule has 0 saturated carbocycles. The van der Waals surface area contributed by atoms with Gasteiger partial charge in [0.25, 0.3) is 0 Å². The van der Waals surface area contributed by atoms with Gasteiger partial charge < -0.3 is 14.7 Å². The lowest BCUT2D eigenvalue weighted by molar-refractivity contribution is -0.143. The first-order valence-corrected chi connectivity index (χ1v) is 9.34. The quantitative estimate of drug-likeness (QED) is 0.679. The van der Waals surface area contributed by atoms with Crippen LogP contribution in [0.3, 0.4) is 0 Å². The van der Waals surface area contributed by atoms with E-state index in [0.29, 0.717) is 26.1 Å². The van der Waals surface area contributed by atoms with Crippen LogP contribution in [0.1, 0.15) is 20.3 Å². The van der Waals surface area contributed by atoms with Crippen molar-refractivity contribution in [3.05, 3.63) is 0 Å². The van der Waals surface area contributed by atoms with Crippen molar-refractivity contribution in [2.45, 2.75) is 25.8 Å². The Morgan fingerprint density at radius 1 is 1.18 bits per heavy atom. The largest absolute Gasteiger partial charge is 0.334 e. The minimum Gasteiger partial charge on any atom is -0.334 e. The standard InChI is InChI=1S/C14H25N3O4S/c1-14(2)10-16(13(19)15(3)4)6-7-17(14)12(18)11-5-8-22(20,21)9-11/h11H,5-10H2,1-4H3. The van der Waals surface area contributed by atoms with Crippen molar-refractivity contribution in [3.8, 4) is 0 Å². The molecule has 8 heteroatoms. The number of piperazine rings is 1. The van der Waals surface area contributed by atoms with Crippen LogP contribution in [-0.4, -0.2) is 85.8 Å². The molecule has 7 nitrogen and oxygen atoms in total. The fraction of sp³-hybridized carbons (Fsp3) is 0.857. The third kappa shape index (κ3) is 3.37. The molecule has 0 N–H and O–H groups in total. The minimum absolute atomic E-state index is 0.0429. The second kappa shape index (κ2) is 5.72. The van der Waals surface area contributed by atoms with Crippen LogP contribution in [0.4, 0.5) is 4.79 Å². The summed E-state index contributed by atoms with van der Waals surface area (Å²) in [5.41, 5.74) is -0.493. The number of carbonyl (C=O) groups excluding carboxylic acids is 2. The lowest BCUT2D eigenvalue weighted by atomic mass is 9.95. The zero-order valence-electron chi connectivity index (χ0n) is 13.7. The molecule has 126 valence electrons. The summed E-state index contributed by atoms with van der Waals surface area (Å²) in [5.74, 6) is -0.467. The molecule has 2 rings (SSSR count). The van der Waals surface area contributed by atoms with Crippen LogP contribution in [0.15, 0.2) is 0 Å². The fourth-order valence-electron chi connectivity index (χ4n) is 3.22. The monoisotopic (exact) mass is 331 g/mol. The van der Waals surface area contributed by atoms with Crippen LogP contribution in [-0.2, 0) is 14.6 Å². The fourth-order valence-corrected chi connectivity index (χ4v) is 4.95. The lowest BCUT2D eigenvalue weighted by Crippen LogP contribution is -2.64. The van der Waals surface area contributed by atoms with Gasteiger partial charge in [0.05, 0.1) is 23.0 Å². The number of urea groups is 1. The minimum atomic E-state index is -3.07. The van der Waals surface area contributed by atoms with E-state index in [9.17, 15) is 18.0 Å². The molecule has 0 spiro atoms. The molecule has 22 heavy (non-hydrogen) atoms. The van der Waals surface area contributed by atoms with Crippen LogP contribution < -0.4 is 0 Å². The van der Waals surface area contributed by atoms with Gasteiger partial charge in [-0.15, -0.1) is 0 Å². The molecule has 0 aliphatic carbocycles. The Hall–Kier alpha value is -1.31. The maximum Gasteiger partial charge on any atom is 0.319 e. The maximum atomic E-state index is 12.7. The third-order valence-corrected chi connectivity index (χ3v) is 6.17. The Balaban J connectivity index is 2.08. The summed E-state index contributed by atoms with van der Waals surface area (Å²) in [4.78, 5) is 29.7. The van der Waals surface area contributed by atoms with Crippen molar-refractivity contribution >= 4 is 21.8 Å². The number of nitrogens with zero attached hydrogens (tertiary/aromatic N) is 3. The molecule has 1 unspecified atom stereocenters. The van der Waals surface area contributed by atoms with Crippen LogP contribution >= 0.6 is 0 Å². The molecular formula is C14H25N3O4S. The summed E-state index contributed by atoms with van der Waals surface area (Å²) in [5, 5.41) is 0. The van der Waals surface area contributed by atoms with Crippen molar-refractivity contribution in [2.75, 3.05) is 45.2 Å². The maximum absolute atomic E-state index is 12.7. The van der Waals surface area contributed by atoms with Gasteiger partial charge in [0.1, 0.15) is 0 Å². The summed E-state index contributed by atoms with van der Waals surface area (Å²) >= 11 is 0. The van der Waals surface area contributed by atoms with Crippen molar-refractivity contribution in [1.29, 1.82) is 0 Å². The second-order valence-electron chi connectivity index (χ2n) is 7.00. The number of rotatable bonds is 1. The third-order valence-electron chi connectivity index (χ3n) is 4.40. The zero-order chi connectivity index (χ0) is 16.7. The molecule has 2 aliphatic heterocycles. The molecular weight excluding hydrogens is 306 g/mol. The smallest absolute Gasteiger partial charge is 0.319 e. The average Bonchev–Trinajstić information content (AvgIpc) is 2.76. The lowest BCUT2D eigenvalue weighted by Gasteiger charge is -2.48. The predicted molar refractivity (Wildman–Crippen MR) is 83.2 cm³/mol. The van der Waals surface area contributed by atoms with Crippen molar-refractivity contribution in [3.63, 3.8) is 0 Å². The number of hydrogen-bond acceptors (Lipinski definition) is 4. The van der Waals surface area contributed by atoms with E-state index in [-0.39, 0.29) is 23.4 Å². The van der Waals surface area contributed by atoms with E-state index in [1.54, 1.807) is 23.9 Å². The van der Waals surface area contributed by atoms with E-state index in [1.807, 2.05) is 13.8 Å². The number of carbonyl (C=O) groups is 2. The normalized spacial score (nSPS) is 26.8. The molecule has 0 aromatic carbocycles. The highest BCUT2D eigenvalue weighted by Gasteiger charge is 2.43. The van der Waals surface area contributed by atoms with Crippen LogP contribution in [0.5, 0.6) is 0 Å². The van der Waals surface area contributed by atoms with E-state index in [1.165, 1.54) is 4.90 Å². The molecule has 2 saturated heterocycles. The molecule has 1 atom stereocenters. The average molecular weight is 331 g/mol. The van der Waals surface area contributed by atoms with Gasteiger partial charge in [0.2, 0.25) is 5.91 Å². The Kier molecular flexibility index (Phi) is 4.43. The molecule has 0 bridgehead atoms. The molecule has 2 fully saturated rings. The Morgan fingerprint density at radius 3 is 2.27 bits per heavy atom. The highest BCUT2D eigenvalue weighted by atomic mass is 32.2. The van der Waals surface area contributed by atoms with Gasteiger partial charge in [-0.3, -0.25) is 4.79 Å². The number of sulfone groups is 1. The van der Waals surface area contributed by atoms with E-state index in [4.69, 9.17) is 0 Å². The summed E-state index contributed by atoms with van der Waals surface area (Å²) in [7, 11) is 0.339. The van der Waals surface area contributed by atoms with Gasteiger partial charge in [-0.25, -0.2) is 13.2 Å². The van der Waals surface area contributed by atoms with Crippen molar-refractivity contribution < 1.29 is 18.0 Å². The highest BCUT2D eigenvalue weighted by molar-refractivity contribution is 7.91. The Labute approximate surface area is 132 Å². The molecule has 0 aromatic heterocycles. The van der Waals surface area contributed by atoms with Crippen LogP contribution in [0, 0.1) is 5.92 Å². The van der Waals surface area contributed by atoms with Crippen LogP contribution in [0.2, 0.25) is 0 Å². The molecule has 0 radical (unpaired) electrons. The van der Waals surface area contributed by atoms with E-state index >= 15 is 0 Å². The summed E-state index contributed by atoms with van der Waals surface area (Å²) in [6, 6.07) is -0.0661. The number of amides is 3. The van der Waals surface area contributed by atoms with E-state index < -0.39 is 21.3 Å². The SMILES string of the molecule is CN(C)C(=O)N1CCN(C(=O)C2CCS(=O)(=O)C2)C(C)(C)C1. The summed E-state index contributed by atoms with van der Waals surface area (Å²) in [6.45, 7) is 5.22. The highest BCUT2D eigenvalue weighted by Crippen LogP contribution is 2.27. The van der Waals surface area contributed by atoms with Crippen molar-refractivity contribution in [1.82, 2.24) is 14.7 Å². The molecule has 2 aliphatic rings. The molecule has 0 aromatic rings. The van der Waals surface area contributed by atoms with Crippen molar-refractivity contribution in [2.24, 2.45) is 5.92 Å². The Bertz CT molecular complexity index is 571. The van der Waals surface area contributed by atoms with Gasteiger partial charge >= 0.3 is 6.03 Å². The van der Waals surface area contributed by atoms with Gasteiger partial charge in [-0.05, 0) is 20.3 Å². The first kappa shape index (κ1) is 17.1. The van der Waals surface area contributed by atoms with Gasteiger partial charge in [-0.2, -0.15) is 0 Å². The van der Waals surface area contributed by atoms with Gasteiger partial charge in [0.15, 0.2) is 9.84 Å². The summed E-state index contributed by atoms with van der Waals surface area (Å²) < 4.78 is 23.2. The van der Waals surface area contributed by atoms with Gasteiger partial charge in [0, 0.05) is 33.7 Å². The Morgan fingerprint density at radius 2 is 1.82 bits per heavy atom. The van der Waals surface area contributed by atoms with Crippen LogP contribution in [0.25, 0.3) is 0 Å². The topological polar surface area (TPSA) is 78.0 Å². The molecule has 3 amide bonds. The number of hydrogen-bond donors (Lipinski definition) is 0. The molecule has 2 heterocycles. The van der Waals surface area contributed by atoms with E-state index in [2.05, 4.69) is 0 Å². The first-order valence-electron chi connectivity index (χ1n) is 7.52. The van der Waals surface area contributed by atoms with E-state index in [0.717, 1.165) is 0 Å².